The first-order valence-electron chi connectivity index (χ1n) is 8.05. The highest BCUT2D eigenvalue weighted by Gasteiger charge is 2.17. The van der Waals surface area contributed by atoms with Crippen LogP contribution in [-0.4, -0.2) is 28.6 Å². The molecule has 0 aliphatic rings. The molecule has 7 nitrogen and oxygen atoms in total. The molecule has 1 amide bonds. The summed E-state index contributed by atoms with van der Waals surface area (Å²) in [6.45, 7) is 5.48. The average Bonchev–Trinajstić information content (AvgIpc) is 3.01. The highest BCUT2D eigenvalue weighted by molar-refractivity contribution is 5.90. The molecule has 2 N–H and O–H groups in total. The quantitative estimate of drug-likeness (QED) is 0.768. The Balaban J connectivity index is 1.86. The molecule has 2 rings (SSSR count). The number of nitrogens with one attached hydrogen (secondary N) is 1. The topological polar surface area (TPSA) is 106 Å². The average molecular weight is 359 g/mol. The van der Waals surface area contributed by atoms with Gasteiger partial charge >= 0.3 is 11.9 Å². The van der Waals surface area contributed by atoms with Crippen molar-refractivity contribution in [1.82, 2.24) is 5.32 Å². The van der Waals surface area contributed by atoms with Crippen LogP contribution in [-0.2, 0) is 22.5 Å². The van der Waals surface area contributed by atoms with Gasteiger partial charge in [0.2, 0.25) is 11.7 Å². The fourth-order valence-electron chi connectivity index (χ4n) is 2.12. The van der Waals surface area contributed by atoms with Crippen molar-refractivity contribution in [1.29, 1.82) is 0 Å². The molecule has 7 heteroatoms. The van der Waals surface area contributed by atoms with Gasteiger partial charge in [0.1, 0.15) is 11.4 Å². The minimum atomic E-state index is -1.16. The van der Waals surface area contributed by atoms with Crippen LogP contribution >= 0.6 is 0 Å². The van der Waals surface area contributed by atoms with E-state index in [0.29, 0.717) is 11.3 Å². The van der Waals surface area contributed by atoms with E-state index in [0.717, 1.165) is 5.56 Å². The first-order valence-corrected chi connectivity index (χ1v) is 8.05. The number of aromatic carboxylic acids is 1. The van der Waals surface area contributed by atoms with Crippen molar-refractivity contribution in [2.24, 2.45) is 0 Å². The lowest BCUT2D eigenvalue weighted by Crippen LogP contribution is -2.25. The molecule has 1 aromatic heterocycles. The van der Waals surface area contributed by atoms with E-state index in [-0.39, 0.29) is 24.6 Å². The number of rotatable bonds is 6. The predicted molar refractivity (Wildman–Crippen MR) is 92.8 cm³/mol. The molecular formula is C19H21NO6. The van der Waals surface area contributed by atoms with Gasteiger partial charge in [-0.2, -0.15) is 0 Å². The Morgan fingerprint density at radius 1 is 1.08 bits per heavy atom. The molecule has 0 atom stereocenters. The summed E-state index contributed by atoms with van der Waals surface area (Å²) in [7, 11) is 0. The maximum Gasteiger partial charge on any atom is 0.371 e. The normalized spacial score (nSPS) is 11.0. The van der Waals surface area contributed by atoms with Gasteiger partial charge in [-0.1, -0.05) is 12.1 Å². The number of carboxylic acid groups (broad SMARTS) is 1. The molecule has 0 spiro atoms. The first kappa shape index (κ1) is 19.2. The van der Waals surface area contributed by atoms with Gasteiger partial charge in [0.15, 0.2) is 0 Å². The van der Waals surface area contributed by atoms with Gasteiger partial charge in [0.25, 0.3) is 0 Å². The molecule has 0 bridgehead atoms. The van der Waals surface area contributed by atoms with Crippen molar-refractivity contribution in [3.8, 4) is 0 Å². The lowest BCUT2D eigenvalue weighted by Gasteiger charge is -2.19. The molecule has 0 radical (unpaired) electrons. The number of benzene rings is 1. The highest BCUT2D eigenvalue weighted by Crippen LogP contribution is 2.13. The third kappa shape index (κ3) is 5.77. The van der Waals surface area contributed by atoms with Crippen LogP contribution in [0.25, 0.3) is 0 Å². The number of hydrogen-bond acceptors (Lipinski definition) is 5. The number of carbonyl (C=O) groups excluding carboxylic acids is 2. The Kier molecular flexibility index (Phi) is 5.82. The molecule has 0 fully saturated rings. The second-order valence-electron chi connectivity index (χ2n) is 6.72. The van der Waals surface area contributed by atoms with Crippen LogP contribution in [0.2, 0.25) is 0 Å². The van der Waals surface area contributed by atoms with Crippen molar-refractivity contribution in [3.63, 3.8) is 0 Å². The fraction of sp³-hybridized carbons (Fsp3) is 0.316. The van der Waals surface area contributed by atoms with Crippen LogP contribution in [0, 0.1) is 0 Å². The zero-order valence-corrected chi connectivity index (χ0v) is 14.9. The predicted octanol–water partition coefficient (Wildman–Crippen LogP) is 2.79. The summed E-state index contributed by atoms with van der Waals surface area (Å²) in [5.74, 6) is -1.64. The number of carboxylic acids is 1. The summed E-state index contributed by atoms with van der Waals surface area (Å²) < 4.78 is 10.3. The van der Waals surface area contributed by atoms with E-state index < -0.39 is 17.5 Å². The number of ether oxygens (including phenoxy) is 1. The summed E-state index contributed by atoms with van der Waals surface area (Å²) in [4.78, 5) is 34.7. The second-order valence-corrected chi connectivity index (χ2v) is 6.72. The zero-order valence-electron chi connectivity index (χ0n) is 14.9. The van der Waals surface area contributed by atoms with E-state index >= 15 is 0 Å². The number of furan rings is 1. The standard InChI is InChI=1S/C19H21NO6/c1-19(2,3)26-18(24)13-6-4-12(5-7-13)10-16(21)20-11-14-8-9-15(25-14)17(22)23/h4-9H,10-11H2,1-3H3,(H,20,21)(H,22,23). The Bertz CT molecular complexity index is 798. The van der Waals surface area contributed by atoms with E-state index in [2.05, 4.69) is 5.32 Å². The minimum Gasteiger partial charge on any atom is -0.475 e. The molecule has 0 saturated carbocycles. The van der Waals surface area contributed by atoms with E-state index in [1.54, 1.807) is 45.0 Å². The van der Waals surface area contributed by atoms with E-state index in [9.17, 15) is 14.4 Å². The van der Waals surface area contributed by atoms with Crippen LogP contribution in [0.15, 0.2) is 40.8 Å². The van der Waals surface area contributed by atoms with E-state index in [1.165, 1.54) is 12.1 Å². The van der Waals surface area contributed by atoms with Crippen molar-refractivity contribution in [2.45, 2.75) is 39.3 Å². The van der Waals surface area contributed by atoms with Gasteiger partial charge in [-0.3, -0.25) is 4.79 Å². The Labute approximate surface area is 151 Å². The van der Waals surface area contributed by atoms with Crippen molar-refractivity contribution >= 4 is 17.8 Å². The molecule has 138 valence electrons. The summed E-state index contributed by atoms with van der Waals surface area (Å²) in [6, 6.07) is 9.44. The van der Waals surface area contributed by atoms with Crippen molar-refractivity contribution in [2.75, 3.05) is 0 Å². The highest BCUT2D eigenvalue weighted by atomic mass is 16.6. The summed E-state index contributed by atoms with van der Waals surface area (Å²) in [5, 5.41) is 11.4. The van der Waals surface area contributed by atoms with Crippen LogP contribution in [0.3, 0.4) is 0 Å². The lowest BCUT2D eigenvalue weighted by molar-refractivity contribution is -0.120. The van der Waals surface area contributed by atoms with Crippen molar-refractivity contribution in [3.05, 3.63) is 59.0 Å². The Morgan fingerprint density at radius 2 is 1.73 bits per heavy atom. The maximum absolute atomic E-state index is 12.0. The molecule has 1 aromatic carbocycles. The van der Waals surface area contributed by atoms with Gasteiger partial charge in [-0.15, -0.1) is 0 Å². The van der Waals surface area contributed by atoms with Crippen LogP contribution in [0.5, 0.6) is 0 Å². The number of carbonyl (C=O) groups is 3. The first-order chi connectivity index (χ1) is 12.1. The summed E-state index contributed by atoms with van der Waals surface area (Å²) in [6.07, 6.45) is 0.126. The monoisotopic (exact) mass is 359 g/mol. The molecule has 2 aromatic rings. The van der Waals surface area contributed by atoms with Gasteiger partial charge in [0, 0.05) is 0 Å². The van der Waals surface area contributed by atoms with E-state index in [1.807, 2.05) is 0 Å². The Morgan fingerprint density at radius 3 is 2.27 bits per heavy atom. The van der Waals surface area contributed by atoms with E-state index in [4.69, 9.17) is 14.3 Å². The lowest BCUT2D eigenvalue weighted by atomic mass is 10.1. The second kappa shape index (κ2) is 7.86. The van der Waals surface area contributed by atoms with Crippen LogP contribution in [0.1, 0.15) is 53.0 Å². The Hall–Kier alpha value is -3.09. The smallest absolute Gasteiger partial charge is 0.371 e. The number of esters is 1. The third-order valence-electron chi connectivity index (χ3n) is 3.29. The van der Waals surface area contributed by atoms with Gasteiger partial charge in [0.05, 0.1) is 18.5 Å². The molecule has 0 unspecified atom stereocenters. The summed E-state index contributed by atoms with van der Waals surface area (Å²) >= 11 is 0. The molecule has 0 aliphatic carbocycles. The maximum atomic E-state index is 12.0. The minimum absolute atomic E-state index is 0.0993. The van der Waals surface area contributed by atoms with Crippen molar-refractivity contribution < 1.29 is 28.6 Å². The number of amides is 1. The third-order valence-corrected chi connectivity index (χ3v) is 3.29. The molecular weight excluding hydrogens is 338 g/mol. The van der Waals surface area contributed by atoms with Gasteiger partial charge < -0.3 is 19.6 Å². The SMILES string of the molecule is CC(C)(C)OC(=O)c1ccc(CC(=O)NCc2ccc(C(=O)O)o2)cc1. The summed E-state index contributed by atoms with van der Waals surface area (Å²) in [5.41, 5.74) is 0.587. The van der Waals surface area contributed by atoms with Gasteiger partial charge in [-0.25, -0.2) is 9.59 Å². The molecule has 0 aliphatic heterocycles. The molecule has 26 heavy (non-hydrogen) atoms. The zero-order chi connectivity index (χ0) is 19.3. The molecule has 1 heterocycles. The molecule has 0 saturated heterocycles. The number of hydrogen-bond donors (Lipinski definition) is 2. The fourth-order valence-corrected chi connectivity index (χ4v) is 2.12. The van der Waals surface area contributed by atoms with Crippen LogP contribution < -0.4 is 5.32 Å². The largest absolute Gasteiger partial charge is 0.475 e. The van der Waals surface area contributed by atoms with Crippen LogP contribution in [0.4, 0.5) is 0 Å². The van der Waals surface area contributed by atoms with Gasteiger partial charge in [-0.05, 0) is 50.6 Å².